The number of aliphatic hydroxyl groups is 1. The third-order valence-corrected chi connectivity index (χ3v) is 12.0. The Balaban J connectivity index is 0.000000277. The van der Waals surface area contributed by atoms with Gasteiger partial charge in [0.15, 0.2) is 20.7 Å². The number of hydrogen-bond donors (Lipinski definition) is 4. The van der Waals surface area contributed by atoms with Gasteiger partial charge in [0.1, 0.15) is 5.69 Å². The molecule has 2 aliphatic heterocycles. The molecule has 0 saturated carbocycles. The molecule has 4 N–H and O–H groups in total. The number of nitrogens with one attached hydrogen (secondary N) is 2. The predicted molar refractivity (Wildman–Crippen MR) is 188 cm³/mol. The summed E-state index contributed by atoms with van der Waals surface area (Å²) in [5.74, 6) is -2.38. The minimum atomic E-state index is -4.12. The lowest BCUT2D eigenvalue weighted by Crippen LogP contribution is -2.50. The summed E-state index contributed by atoms with van der Waals surface area (Å²) in [6.07, 6.45) is 2.50. The van der Waals surface area contributed by atoms with E-state index in [-0.39, 0.29) is 47.1 Å². The van der Waals surface area contributed by atoms with E-state index in [2.05, 4.69) is 66.5 Å². The van der Waals surface area contributed by atoms with Gasteiger partial charge in [-0.3, -0.25) is 9.27 Å². The lowest BCUT2D eigenvalue weighted by atomic mass is 9.84. The van der Waals surface area contributed by atoms with Gasteiger partial charge in [-0.1, -0.05) is 32.4 Å². The number of halogens is 4. The van der Waals surface area contributed by atoms with Crippen molar-refractivity contribution in [1.82, 2.24) is 8.61 Å². The summed E-state index contributed by atoms with van der Waals surface area (Å²) >= 11 is 8.19. The van der Waals surface area contributed by atoms with Crippen LogP contribution in [0.15, 0.2) is 30.3 Å². The van der Waals surface area contributed by atoms with Crippen LogP contribution >= 0.6 is 34.2 Å². The normalized spacial score (nSPS) is 20.4. The van der Waals surface area contributed by atoms with Crippen LogP contribution in [-0.2, 0) is 24.9 Å². The van der Waals surface area contributed by atoms with Crippen LogP contribution in [0.3, 0.4) is 0 Å². The highest BCUT2D eigenvalue weighted by atomic mass is 127. The van der Waals surface area contributed by atoms with E-state index in [1.165, 1.54) is 4.31 Å². The van der Waals surface area contributed by atoms with Gasteiger partial charge in [-0.15, -0.1) is 0 Å². The molecule has 2 aromatic rings. The fourth-order valence-electron chi connectivity index (χ4n) is 5.51. The molecule has 2 aliphatic rings. The van der Waals surface area contributed by atoms with Crippen molar-refractivity contribution in [2.75, 3.05) is 29.7 Å². The summed E-state index contributed by atoms with van der Waals surface area (Å²) < 4.78 is 97.3. The monoisotopic (exact) mass is 838 g/mol. The van der Waals surface area contributed by atoms with Gasteiger partial charge in [-0.25, -0.2) is 8.78 Å². The molecule has 2 heterocycles. The second kappa shape index (κ2) is 16.0. The zero-order chi connectivity index (χ0) is 34.6. The van der Waals surface area contributed by atoms with Gasteiger partial charge >= 0.3 is 20.5 Å². The first-order valence-corrected chi connectivity index (χ1v) is 21.8. The summed E-state index contributed by atoms with van der Waals surface area (Å²) in [6.45, 7) is 10.6. The van der Waals surface area contributed by atoms with Crippen molar-refractivity contribution in [1.29, 1.82) is 0 Å². The average molecular weight is 839 g/mol. The third kappa shape index (κ3) is 10.2. The molecule has 0 amide bonds. The molecule has 1 unspecified atom stereocenters. The molecule has 11 nitrogen and oxygen atoms in total. The lowest BCUT2D eigenvalue weighted by Gasteiger charge is -2.39. The molecule has 2 saturated heterocycles. The van der Waals surface area contributed by atoms with E-state index in [0.29, 0.717) is 25.1 Å². The summed E-state index contributed by atoms with van der Waals surface area (Å²) in [5.41, 5.74) is -0.403. The fraction of sp³-hybridized carbons (Fsp3) is 0.571. The van der Waals surface area contributed by atoms with Gasteiger partial charge in [0, 0.05) is 22.7 Å². The van der Waals surface area contributed by atoms with Crippen LogP contribution in [0.2, 0.25) is 18.1 Å². The first-order chi connectivity index (χ1) is 21.3. The molecule has 0 aliphatic carbocycles. The molecule has 0 radical (unpaired) electrons. The van der Waals surface area contributed by atoms with E-state index in [9.17, 15) is 35.3 Å². The maximum Gasteiger partial charge on any atom is 0.336 e. The fourth-order valence-corrected chi connectivity index (χ4v) is 10.0. The first kappa shape index (κ1) is 39.3. The SMILES string of the molecule is C[SiH](C)OC([C@@H]1CCCN1S(=O)(=O)O)C(C)(C)C.O=S(=O)(Nc1ccc(F)c(F)c1Nc1ccc(I)cc1Cl)N1CCC[C@H]1CO. The molecule has 260 valence electrons. The van der Waals surface area contributed by atoms with Crippen molar-refractivity contribution in [3.8, 4) is 0 Å². The van der Waals surface area contributed by atoms with Gasteiger partial charge in [0.2, 0.25) is 0 Å². The van der Waals surface area contributed by atoms with E-state index < -0.39 is 47.2 Å². The average Bonchev–Trinajstić information content (AvgIpc) is 3.63. The van der Waals surface area contributed by atoms with E-state index in [4.69, 9.17) is 16.0 Å². The Labute approximate surface area is 291 Å². The Morgan fingerprint density at radius 2 is 1.67 bits per heavy atom. The van der Waals surface area contributed by atoms with Crippen LogP contribution < -0.4 is 10.0 Å². The van der Waals surface area contributed by atoms with Crippen molar-refractivity contribution in [2.24, 2.45) is 5.41 Å². The molecular weight excluding hydrogens is 797 g/mol. The van der Waals surface area contributed by atoms with Gasteiger partial charge in [0.05, 0.1) is 35.2 Å². The zero-order valence-corrected chi connectivity index (χ0v) is 32.0. The number of anilines is 3. The maximum atomic E-state index is 14.5. The van der Waals surface area contributed by atoms with Gasteiger partial charge in [-0.05, 0) is 97.1 Å². The largest absolute Gasteiger partial charge is 0.416 e. The second-order valence-corrected chi connectivity index (χ2v) is 19.5. The summed E-state index contributed by atoms with van der Waals surface area (Å²) in [7, 11) is -9.47. The molecule has 2 aromatic carbocycles. The highest BCUT2D eigenvalue weighted by Gasteiger charge is 2.43. The molecule has 4 rings (SSSR count). The minimum Gasteiger partial charge on any atom is -0.416 e. The Bertz CT molecular complexity index is 1590. The zero-order valence-electron chi connectivity index (χ0n) is 26.3. The van der Waals surface area contributed by atoms with Crippen LogP contribution in [0, 0.1) is 20.6 Å². The minimum absolute atomic E-state index is 0.144. The van der Waals surface area contributed by atoms with Crippen LogP contribution in [0.5, 0.6) is 0 Å². The summed E-state index contributed by atoms with van der Waals surface area (Å²) in [5, 5.41) is 12.3. The van der Waals surface area contributed by atoms with Gasteiger partial charge in [-0.2, -0.15) is 25.4 Å². The van der Waals surface area contributed by atoms with E-state index >= 15 is 0 Å². The van der Waals surface area contributed by atoms with Crippen LogP contribution in [0.25, 0.3) is 0 Å². The topological polar surface area (TPSA) is 149 Å². The Morgan fingerprint density at radius 1 is 1.07 bits per heavy atom. The lowest BCUT2D eigenvalue weighted by molar-refractivity contribution is 0.0339. The van der Waals surface area contributed by atoms with Crippen LogP contribution in [0.4, 0.5) is 25.8 Å². The maximum absolute atomic E-state index is 14.5. The molecule has 2 fully saturated rings. The van der Waals surface area contributed by atoms with Crippen molar-refractivity contribution in [3.05, 3.63) is 50.6 Å². The number of hydrogen-bond acceptors (Lipinski definition) is 7. The molecular formula is C28H42ClF2IN4O7S2Si. The Hall–Kier alpha value is -1.16. The van der Waals surface area contributed by atoms with E-state index in [1.54, 1.807) is 18.2 Å². The highest BCUT2D eigenvalue weighted by molar-refractivity contribution is 14.1. The van der Waals surface area contributed by atoms with E-state index in [1.807, 2.05) is 0 Å². The number of nitrogens with zero attached hydrogens (tertiary/aromatic N) is 2. The van der Waals surface area contributed by atoms with Crippen molar-refractivity contribution < 1.29 is 39.7 Å². The highest BCUT2D eigenvalue weighted by Crippen LogP contribution is 2.36. The second-order valence-electron chi connectivity index (χ2n) is 12.5. The van der Waals surface area contributed by atoms with Gasteiger partial charge < -0.3 is 14.8 Å². The molecule has 46 heavy (non-hydrogen) atoms. The van der Waals surface area contributed by atoms with Crippen molar-refractivity contribution in [3.63, 3.8) is 0 Å². The molecule has 0 bridgehead atoms. The standard InChI is InChI=1S/C17H17ClF2IN3O3S.C11H25NO4SSi/c18-12-8-10(21)3-5-14(12)22-17-15(6-4-13(19)16(17)20)23-28(26,27)24-7-1-2-11(24)9-25;1-11(2,3)10(16-18(4)5)9-7-6-8-12(9)17(13,14)15/h3-6,8,11,22-23,25H,1-2,7,9H2;9-10,18H,6-8H2,1-5H3,(H,13,14,15)/t11-;9-,10?/m00/s1. The van der Waals surface area contributed by atoms with Crippen LogP contribution in [0.1, 0.15) is 46.5 Å². The first-order valence-electron chi connectivity index (χ1n) is 14.8. The smallest absolute Gasteiger partial charge is 0.336 e. The van der Waals surface area contributed by atoms with Crippen molar-refractivity contribution >= 4 is 80.8 Å². The predicted octanol–water partition coefficient (Wildman–Crippen LogP) is 5.75. The quantitative estimate of drug-likeness (QED) is 0.135. The Kier molecular flexibility index (Phi) is 13.7. The van der Waals surface area contributed by atoms with Gasteiger partial charge in [0.25, 0.3) is 0 Å². The molecule has 3 atom stereocenters. The Morgan fingerprint density at radius 3 is 2.24 bits per heavy atom. The molecule has 0 aromatic heterocycles. The summed E-state index contributed by atoms with van der Waals surface area (Å²) in [4.78, 5) is 0. The van der Waals surface area contributed by atoms with Crippen LogP contribution in [-0.4, -0.2) is 82.0 Å². The molecule has 18 heteroatoms. The number of rotatable bonds is 10. The van der Waals surface area contributed by atoms with Crippen molar-refractivity contribution in [2.45, 2.75) is 77.7 Å². The third-order valence-electron chi connectivity index (χ3n) is 7.53. The van der Waals surface area contributed by atoms with E-state index in [0.717, 1.165) is 32.8 Å². The molecule has 0 spiro atoms. The number of aliphatic hydroxyl groups excluding tert-OH is 1. The summed E-state index contributed by atoms with van der Waals surface area (Å²) in [6, 6.07) is 6.09. The number of benzene rings is 2.